The van der Waals surface area contributed by atoms with Crippen molar-refractivity contribution in [3.8, 4) is 11.6 Å². The molecule has 0 spiro atoms. The Kier molecular flexibility index (Phi) is 9.75. The van der Waals surface area contributed by atoms with Crippen molar-refractivity contribution in [1.82, 2.24) is 24.6 Å². The first-order valence-electron chi connectivity index (χ1n) is 13.4. The molecule has 0 saturated carbocycles. The molecule has 0 amide bonds. The average molecular weight is 620 g/mol. The summed E-state index contributed by atoms with van der Waals surface area (Å²) in [4.78, 5) is 28.0. The number of imidazole rings is 1. The summed E-state index contributed by atoms with van der Waals surface area (Å²) in [5.41, 5.74) is 14.1. The lowest BCUT2D eigenvalue weighted by Gasteiger charge is -2.28. The number of benzene rings is 1. The second-order valence-corrected chi connectivity index (χ2v) is 11.8. The van der Waals surface area contributed by atoms with Crippen molar-refractivity contribution in [2.75, 3.05) is 18.9 Å². The number of carbonyl (C=O) groups is 1. The summed E-state index contributed by atoms with van der Waals surface area (Å²) in [6.07, 6.45) is -2.88. The number of hydrogen-bond acceptors (Lipinski definition) is 13. The van der Waals surface area contributed by atoms with Gasteiger partial charge in [0.1, 0.15) is 23.4 Å². The van der Waals surface area contributed by atoms with Crippen molar-refractivity contribution < 1.29 is 37.7 Å². The number of nitrogens with zero attached hydrogens (tertiary/aromatic N) is 7. The summed E-state index contributed by atoms with van der Waals surface area (Å²) in [6, 6.07) is 7.09. The highest BCUT2D eigenvalue weighted by molar-refractivity contribution is 7.52. The van der Waals surface area contributed by atoms with Crippen LogP contribution in [0.15, 0.2) is 41.8 Å². The fourth-order valence-electron chi connectivity index (χ4n) is 4.40. The molecule has 0 aliphatic carbocycles. The topological polar surface area (TPSA) is 231 Å². The molecule has 6 atom stereocenters. The van der Waals surface area contributed by atoms with Gasteiger partial charge in [0.2, 0.25) is 11.8 Å². The number of carbonyl (C=O) groups excluding carboxylic acids is 1. The molecule has 4 N–H and O–H groups in total. The molecule has 0 radical (unpaired) electrons. The zero-order chi connectivity index (χ0) is 31.4. The molecule has 232 valence electrons. The van der Waals surface area contributed by atoms with Gasteiger partial charge in [0.25, 0.3) is 0 Å². The predicted octanol–water partition coefficient (Wildman–Crippen LogP) is 3.27. The number of aliphatic hydroxyl groups excluding tert-OH is 1. The number of nitrogens with two attached hydrogens (primary N) is 1. The third-order valence-electron chi connectivity index (χ3n) is 6.39. The summed E-state index contributed by atoms with van der Waals surface area (Å²) in [5, 5.41) is 17.7. The Balaban J connectivity index is 1.63. The second kappa shape index (κ2) is 13.1. The van der Waals surface area contributed by atoms with E-state index in [9.17, 15) is 20.0 Å². The van der Waals surface area contributed by atoms with E-state index in [1.165, 1.54) is 24.7 Å². The lowest BCUT2D eigenvalue weighted by Crippen LogP contribution is -2.43. The maximum Gasteiger partial charge on any atom is 0.459 e. The average Bonchev–Trinajstić information content (AvgIpc) is 3.46. The van der Waals surface area contributed by atoms with Crippen LogP contribution in [0, 0.1) is 0 Å². The molecule has 0 unspecified atom stereocenters. The number of nitrogens with one attached hydrogen (secondary N) is 1. The van der Waals surface area contributed by atoms with Crippen LogP contribution < -0.4 is 20.1 Å². The van der Waals surface area contributed by atoms with Gasteiger partial charge in [-0.05, 0) is 52.3 Å². The Morgan fingerprint density at radius 2 is 2.05 bits per heavy atom. The molecule has 1 aromatic carbocycles. The van der Waals surface area contributed by atoms with Crippen LogP contribution >= 0.6 is 7.75 Å². The number of azide groups is 1. The van der Waals surface area contributed by atoms with E-state index in [1.807, 2.05) is 0 Å². The van der Waals surface area contributed by atoms with Crippen molar-refractivity contribution in [2.24, 2.45) is 5.11 Å². The number of para-hydroxylation sites is 1. The molecule has 3 aromatic rings. The van der Waals surface area contributed by atoms with Gasteiger partial charge in [-0.2, -0.15) is 15.1 Å². The van der Waals surface area contributed by atoms with Gasteiger partial charge >= 0.3 is 13.7 Å². The molecule has 4 rings (SSSR count). The van der Waals surface area contributed by atoms with Crippen molar-refractivity contribution in [3.63, 3.8) is 0 Å². The van der Waals surface area contributed by atoms with E-state index in [0.717, 1.165) is 0 Å². The molecule has 1 fully saturated rings. The first kappa shape index (κ1) is 31.9. The van der Waals surface area contributed by atoms with Crippen LogP contribution in [-0.4, -0.2) is 73.7 Å². The van der Waals surface area contributed by atoms with Gasteiger partial charge in [-0.15, -0.1) is 0 Å². The van der Waals surface area contributed by atoms with Crippen LogP contribution in [0.25, 0.3) is 21.6 Å². The van der Waals surface area contributed by atoms with Gasteiger partial charge in [-0.3, -0.25) is 13.9 Å². The summed E-state index contributed by atoms with van der Waals surface area (Å²) >= 11 is 0. The maximum absolute atomic E-state index is 13.9. The van der Waals surface area contributed by atoms with Crippen LogP contribution in [0.4, 0.5) is 5.95 Å². The van der Waals surface area contributed by atoms with Crippen LogP contribution in [-0.2, 0) is 23.4 Å². The number of anilines is 1. The zero-order valence-corrected chi connectivity index (χ0v) is 25.1. The van der Waals surface area contributed by atoms with Crippen LogP contribution in [0.1, 0.15) is 40.8 Å². The Hall–Kier alpha value is -3.98. The van der Waals surface area contributed by atoms with Gasteiger partial charge in [0.05, 0.1) is 31.7 Å². The third kappa shape index (κ3) is 6.99. The molecule has 1 aliphatic rings. The number of ether oxygens (including phenoxy) is 3. The summed E-state index contributed by atoms with van der Waals surface area (Å²) in [6.45, 7) is 7.83. The normalized spacial score (nSPS) is 23.8. The number of rotatable bonds is 13. The van der Waals surface area contributed by atoms with Gasteiger partial charge in [-0.25, -0.2) is 9.55 Å². The number of fused-ring (bicyclic) bond motifs is 1. The smallest absolute Gasteiger partial charge is 0.459 e. The van der Waals surface area contributed by atoms with E-state index in [2.05, 4.69) is 30.1 Å². The Morgan fingerprint density at radius 3 is 2.70 bits per heavy atom. The van der Waals surface area contributed by atoms with E-state index in [-0.39, 0.29) is 28.7 Å². The van der Waals surface area contributed by atoms with E-state index < -0.39 is 56.4 Å². The monoisotopic (exact) mass is 619 g/mol. The summed E-state index contributed by atoms with van der Waals surface area (Å²) in [7, 11) is -4.29. The van der Waals surface area contributed by atoms with Crippen molar-refractivity contribution >= 4 is 30.8 Å². The Labute approximate surface area is 246 Å². The first-order chi connectivity index (χ1) is 20.4. The maximum atomic E-state index is 13.9. The SMILES string of the molecule is CCOc1nc(N)nc2c1ncn2[C@@H]1O[C@H](CO[P@@](=O)(N[C@H](C)C(=O)OC(C)C)Oc2ccccc2)[C@@H](O)[C@@]1(C)N=[N+]=[N-]. The van der Waals surface area contributed by atoms with E-state index in [1.54, 1.807) is 51.1 Å². The van der Waals surface area contributed by atoms with Gasteiger partial charge in [-0.1, -0.05) is 23.3 Å². The fourth-order valence-corrected chi connectivity index (χ4v) is 5.91. The van der Waals surface area contributed by atoms with E-state index in [4.69, 9.17) is 29.0 Å². The molecule has 0 bridgehead atoms. The lowest BCUT2D eigenvalue weighted by molar-refractivity contribution is -0.149. The molecule has 3 heterocycles. The number of nitrogen functional groups attached to an aromatic ring is 1. The molecule has 2 aromatic heterocycles. The Morgan fingerprint density at radius 1 is 1.33 bits per heavy atom. The molecule has 18 heteroatoms. The van der Waals surface area contributed by atoms with E-state index in [0.29, 0.717) is 6.61 Å². The van der Waals surface area contributed by atoms with Gasteiger partial charge in [0, 0.05) is 4.91 Å². The molecular formula is C25H34N9O8P. The number of hydrogen-bond donors (Lipinski definition) is 3. The summed E-state index contributed by atoms with van der Waals surface area (Å²) in [5.74, 6) is -0.442. The number of aliphatic hydroxyl groups is 1. The standard InChI is InChI=1S/C25H34N9O8P/c1-6-38-21-18-20(29-24(26)30-21)34(13-28-18)23-25(5,32-33-27)19(35)17(41-23)12-39-43(37,42-16-10-8-7-9-11-16)31-15(4)22(36)40-14(2)3/h7-11,13-15,17,19,23,35H,6,12H2,1-5H3,(H,31,37)(H2,26,29,30)/t15-,17-,19-,23-,25-,43+/m1/s1. The summed E-state index contributed by atoms with van der Waals surface area (Å²) < 4.78 is 43.6. The van der Waals surface area contributed by atoms with Crippen molar-refractivity contribution in [1.29, 1.82) is 0 Å². The highest BCUT2D eigenvalue weighted by Crippen LogP contribution is 2.48. The molecule has 1 saturated heterocycles. The highest BCUT2D eigenvalue weighted by Gasteiger charge is 2.55. The number of esters is 1. The molecule has 17 nitrogen and oxygen atoms in total. The lowest BCUT2D eigenvalue weighted by atomic mass is 9.93. The minimum Gasteiger partial charge on any atom is -0.476 e. The third-order valence-corrected chi connectivity index (χ3v) is 8.03. The second-order valence-electron chi connectivity index (χ2n) is 10.1. The largest absolute Gasteiger partial charge is 0.476 e. The highest BCUT2D eigenvalue weighted by atomic mass is 31.2. The minimum absolute atomic E-state index is 0.100. The first-order valence-corrected chi connectivity index (χ1v) is 14.9. The van der Waals surface area contributed by atoms with E-state index >= 15 is 0 Å². The zero-order valence-electron chi connectivity index (χ0n) is 24.2. The van der Waals surface area contributed by atoms with Crippen LogP contribution in [0.2, 0.25) is 0 Å². The molecular weight excluding hydrogens is 585 g/mol. The number of aromatic nitrogens is 4. The van der Waals surface area contributed by atoms with Crippen molar-refractivity contribution in [3.05, 3.63) is 47.1 Å². The minimum atomic E-state index is -4.29. The quantitative estimate of drug-likeness (QED) is 0.0821. The van der Waals surface area contributed by atoms with Crippen LogP contribution in [0.3, 0.4) is 0 Å². The van der Waals surface area contributed by atoms with Gasteiger partial charge < -0.3 is 29.6 Å². The predicted molar refractivity (Wildman–Crippen MR) is 153 cm³/mol. The fraction of sp³-hybridized carbons (Fsp3) is 0.520. The molecule has 1 aliphatic heterocycles. The van der Waals surface area contributed by atoms with Crippen molar-refractivity contribution in [2.45, 2.75) is 70.7 Å². The Bertz CT molecular complexity index is 1530. The van der Waals surface area contributed by atoms with Crippen LogP contribution in [0.5, 0.6) is 11.6 Å². The van der Waals surface area contributed by atoms with Gasteiger partial charge in [0.15, 0.2) is 17.4 Å². The molecule has 43 heavy (non-hydrogen) atoms.